The molecule has 0 radical (unpaired) electrons. The largest absolute Gasteiger partial charge is 0.321 e. The number of para-hydroxylation sites is 1. The van der Waals surface area contributed by atoms with Gasteiger partial charge in [0.25, 0.3) is 11.6 Å². The first kappa shape index (κ1) is 18.4. The van der Waals surface area contributed by atoms with Crippen molar-refractivity contribution in [3.63, 3.8) is 0 Å². The van der Waals surface area contributed by atoms with Crippen molar-refractivity contribution < 1.29 is 9.72 Å². The highest BCUT2D eigenvalue weighted by Gasteiger charge is 2.15. The SMILES string of the molecule is Cc1ccc([N+](=O)[O-])cc1NC(=O)c1ccc2c(c1)nc(C)n2-c1ccccc1. The maximum Gasteiger partial charge on any atom is 0.271 e. The van der Waals surface area contributed by atoms with Crippen molar-refractivity contribution in [2.24, 2.45) is 0 Å². The van der Waals surface area contributed by atoms with Crippen molar-refractivity contribution in [2.45, 2.75) is 13.8 Å². The highest BCUT2D eigenvalue weighted by Crippen LogP contribution is 2.25. The predicted octanol–water partition coefficient (Wildman–Crippen LogP) is 4.80. The standard InChI is InChI=1S/C22H18N4O3/c1-14-8-10-18(26(28)29)13-19(14)24-22(27)16-9-11-21-20(12-16)23-15(2)25(21)17-6-4-3-5-7-17/h3-13H,1-2H3,(H,24,27). The van der Waals surface area contributed by atoms with Gasteiger partial charge < -0.3 is 5.32 Å². The number of hydrogen-bond donors (Lipinski definition) is 1. The van der Waals surface area contributed by atoms with Crippen molar-refractivity contribution >= 4 is 28.3 Å². The number of carbonyl (C=O) groups excluding carboxylic acids is 1. The Kier molecular flexibility index (Phi) is 4.56. The molecule has 7 nitrogen and oxygen atoms in total. The molecule has 0 atom stereocenters. The van der Waals surface area contributed by atoms with Gasteiger partial charge in [0, 0.05) is 23.4 Å². The third kappa shape index (κ3) is 3.45. The van der Waals surface area contributed by atoms with Crippen LogP contribution in [0.5, 0.6) is 0 Å². The molecule has 0 aliphatic rings. The number of anilines is 1. The van der Waals surface area contributed by atoms with Crippen LogP contribution in [0.25, 0.3) is 16.7 Å². The molecule has 0 spiro atoms. The first-order chi connectivity index (χ1) is 13.9. The number of fused-ring (bicyclic) bond motifs is 1. The number of nitrogens with one attached hydrogen (secondary N) is 1. The smallest absolute Gasteiger partial charge is 0.271 e. The zero-order valence-electron chi connectivity index (χ0n) is 15.9. The second-order valence-electron chi connectivity index (χ2n) is 6.74. The van der Waals surface area contributed by atoms with Crippen molar-refractivity contribution in [1.82, 2.24) is 9.55 Å². The van der Waals surface area contributed by atoms with E-state index in [-0.39, 0.29) is 11.6 Å². The van der Waals surface area contributed by atoms with E-state index in [4.69, 9.17) is 0 Å². The number of aryl methyl sites for hydroxylation is 2. The molecule has 3 aromatic carbocycles. The third-order valence-electron chi connectivity index (χ3n) is 4.78. The van der Waals surface area contributed by atoms with Gasteiger partial charge in [-0.25, -0.2) is 4.98 Å². The number of nitro benzene ring substituents is 1. The van der Waals surface area contributed by atoms with E-state index in [1.807, 2.05) is 47.9 Å². The number of non-ortho nitro benzene ring substituents is 1. The fourth-order valence-corrected chi connectivity index (χ4v) is 3.30. The fraction of sp³-hybridized carbons (Fsp3) is 0.0909. The second-order valence-corrected chi connectivity index (χ2v) is 6.74. The van der Waals surface area contributed by atoms with Crippen LogP contribution < -0.4 is 5.32 Å². The molecule has 0 fully saturated rings. The number of nitrogens with zero attached hydrogens (tertiary/aromatic N) is 3. The van der Waals surface area contributed by atoms with Gasteiger partial charge in [0.15, 0.2) is 0 Å². The minimum absolute atomic E-state index is 0.0708. The average Bonchev–Trinajstić information content (AvgIpc) is 3.04. The van der Waals surface area contributed by atoms with Crippen LogP contribution >= 0.6 is 0 Å². The summed E-state index contributed by atoms with van der Waals surface area (Å²) in [5.74, 6) is 0.473. The molecule has 0 unspecified atom stereocenters. The van der Waals surface area contributed by atoms with Crippen LogP contribution in [-0.2, 0) is 0 Å². The van der Waals surface area contributed by atoms with E-state index in [2.05, 4.69) is 10.3 Å². The molecule has 0 bridgehead atoms. The topological polar surface area (TPSA) is 90.1 Å². The highest BCUT2D eigenvalue weighted by atomic mass is 16.6. The molecule has 7 heteroatoms. The van der Waals surface area contributed by atoms with E-state index >= 15 is 0 Å². The number of imidazole rings is 1. The lowest BCUT2D eigenvalue weighted by molar-refractivity contribution is -0.384. The summed E-state index contributed by atoms with van der Waals surface area (Å²) in [6, 6.07) is 19.6. The maximum atomic E-state index is 12.7. The van der Waals surface area contributed by atoms with Gasteiger partial charge in [-0.15, -0.1) is 0 Å². The zero-order valence-corrected chi connectivity index (χ0v) is 15.9. The van der Waals surface area contributed by atoms with Gasteiger partial charge in [0.1, 0.15) is 5.82 Å². The minimum Gasteiger partial charge on any atom is -0.321 e. The molecule has 0 saturated carbocycles. The Morgan fingerprint density at radius 2 is 1.79 bits per heavy atom. The molecule has 4 aromatic rings. The summed E-state index contributed by atoms with van der Waals surface area (Å²) in [6.07, 6.45) is 0. The van der Waals surface area contributed by atoms with Crippen molar-refractivity contribution in [1.29, 1.82) is 0 Å². The molecule has 1 amide bonds. The van der Waals surface area contributed by atoms with E-state index < -0.39 is 4.92 Å². The van der Waals surface area contributed by atoms with Gasteiger partial charge in [-0.3, -0.25) is 19.5 Å². The van der Waals surface area contributed by atoms with E-state index in [9.17, 15) is 14.9 Å². The summed E-state index contributed by atoms with van der Waals surface area (Å²) in [4.78, 5) is 27.8. The summed E-state index contributed by atoms with van der Waals surface area (Å²) in [7, 11) is 0. The lowest BCUT2D eigenvalue weighted by atomic mass is 10.1. The number of amides is 1. The first-order valence-corrected chi connectivity index (χ1v) is 9.05. The van der Waals surface area contributed by atoms with Crippen LogP contribution in [0.4, 0.5) is 11.4 Å². The van der Waals surface area contributed by atoms with Gasteiger partial charge in [-0.2, -0.15) is 0 Å². The third-order valence-corrected chi connectivity index (χ3v) is 4.78. The molecular formula is C22H18N4O3. The highest BCUT2D eigenvalue weighted by molar-refractivity contribution is 6.06. The number of rotatable bonds is 4. The molecule has 144 valence electrons. The van der Waals surface area contributed by atoms with Crippen LogP contribution in [-0.4, -0.2) is 20.4 Å². The summed E-state index contributed by atoms with van der Waals surface area (Å²) in [5.41, 5.74) is 4.12. The number of carbonyl (C=O) groups is 1. The Morgan fingerprint density at radius 3 is 2.52 bits per heavy atom. The molecule has 1 N–H and O–H groups in total. The summed E-state index contributed by atoms with van der Waals surface area (Å²) in [5, 5.41) is 13.8. The van der Waals surface area contributed by atoms with Crippen molar-refractivity contribution in [2.75, 3.05) is 5.32 Å². The predicted molar refractivity (Wildman–Crippen MR) is 112 cm³/mol. The molecule has 4 rings (SSSR count). The van der Waals surface area contributed by atoms with E-state index in [1.165, 1.54) is 12.1 Å². The van der Waals surface area contributed by atoms with E-state index in [0.29, 0.717) is 16.8 Å². The van der Waals surface area contributed by atoms with Gasteiger partial charge in [0.05, 0.1) is 21.6 Å². The number of hydrogen-bond acceptors (Lipinski definition) is 4. The Bertz CT molecular complexity index is 1250. The van der Waals surface area contributed by atoms with Crippen LogP contribution in [0.2, 0.25) is 0 Å². The molecule has 1 heterocycles. The normalized spacial score (nSPS) is 10.8. The van der Waals surface area contributed by atoms with Gasteiger partial charge in [-0.1, -0.05) is 24.3 Å². The number of benzene rings is 3. The zero-order chi connectivity index (χ0) is 20.5. The lowest BCUT2D eigenvalue weighted by Gasteiger charge is -2.09. The lowest BCUT2D eigenvalue weighted by Crippen LogP contribution is -2.13. The fourth-order valence-electron chi connectivity index (χ4n) is 3.30. The van der Waals surface area contributed by atoms with Crippen LogP contribution in [0.1, 0.15) is 21.7 Å². The van der Waals surface area contributed by atoms with Crippen molar-refractivity contribution in [3.05, 3.63) is 93.8 Å². The Hall–Kier alpha value is -4.00. The van der Waals surface area contributed by atoms with E-state index in [0.717, 1.165) is 22.6 Å². The summed E-state index contributed by atoms with van der Waals surface area (Å²) in [6.45, 7) is 3.70. The molecule has 0 saturated heterocycles. The van der Waals surface area contributed by atoms with Gasteiger partial charge in [-0.05, 0) is 49.7 Å². The van der Waals surface area contributed by atoms with Crippen LogP contribution in [0, 0.1) is 24.0 Å². The monoisotopic (exact) mass is 386 g/mol. The second kappa shape index (κ2) is 7.20. The quantitative estimate of drug-likeness (QED) is 0.403. The number of aromatic nitrogens is 2. The van der Waals surface area contributed by atoms with Gasteiger partial charge in [0.2, 0.25) is 0 Å². The summed E-state index contributed by atoms with van der Waals surface area (Å²) >= 11 is 0. The Balaban J connectivity index is 1.68. The average molecular weight is 386 g/mol. The minimum atomic E-state index is -0.486. The molecule has 1 aromatic heterocycles. The molecule has 0 aliphatic carbocycles. The van der Waals surface area contributed by atoms with Crippen molar-refractivity contribution in [3.8, 4) is 5.69 Å². The maximum absolute atomic E-state index is 12.7. The Morgan fingerprint density at radius 1 is 1.03 bits per heavy atom. The molecule has 0 aliphatic heterocycles. The van der Waals surface area contributed by atoms with Crippen LogP contribution in [0.3, 0.4) is 0 Å². The van der Waals surface area contributed by atoms with E-state index in [1.54, 1.807) is 25.1 Å². The first-order valence-electron chi connectivity index (χ1n) is 9.05. The summed E-state index contributed by atoms with van der Waals surface area (Å²) < 4.78 is 2.03. The number of nitro groups is 1. The molecular weight excluding hydrogens is 368 g/mol. The molecule has 29 heavy (non-hydrogen) atoms. The van der Waals surface area contributed by atoms with Crippen LogP contribution in [0.15, 0.2) is 66.7 Å². The van der Waals surface area contributed by atoms with Gasteiger partial charge >= 0.3 is 0 Å². The Labute approximate surface area is 166 Å².